The normalized spacial score (nSPS) is 14.6. The Morgan fingerprint density at radius 3 is 2.89 bits per heavy atom. The molecule has 0 aromatic heterocycles. The average Bonchev–Trinajstić information content (AvgIpc) is 1.85. The molecule has 3 heteroatoms. The molecular formula is C6H13NOS. The van der Waals surface area contributed by atoms with Gasteiger partial charge >= 0.3 is 0 Å². The molecule has 0 aliphatic heterocycles. The average molecular weight is 147 g/mol. The van der Waals surface area contributed by atoms with Crippen LogP contribution in [0.3, 0.4) is 0 Å². The van der Waals surface area contributed by atoms with Crippen LogP contribution < -0.4 is 0 Å². The van der Waals surface area contributed by atoms with Crippen LogP contribution in [0.25, 0.3) is 0 Å². The highest BCUT2D eigenvalue weighted by Crippen LogP contribution is 1.93. The minimum atomic E-state index is 0.0162. The van der Waals surface area contributed by atoms with E-state index in [-0.39, 0.29) is 6.23 Å². The Balaban J connectivity index is 3.25. The van der Waals surface area contributed by atoms with Crippen LogP contribution in [-0.4, -0.2) is 24.6 Å². The molecular weight excluding hydrogens is 134 g/mol. The van der Waals surface area contributed by atoms with E-state index in [0.717, 1.165) is 6.61 Å². The Hall–Kier alpha value is -0.0200. The van der Waals surface area contributed by atoms with Crippen LogP contribution in [-0.2, 0) is 4.74 Å². The van der Waals surface area contributed by atoms with Gasteiger partial charge in [-0.25, -0.2) is 0 Å². The number of ether oxygens (including phenoxy) is 1. The van der Waals surface area contributed by atoms with E-state index < -0.39 is 0 Å². The van der Waals surface area contributed by atoms with Crippen LogP contribution in [0.5, 0.6) is 0 Å². The first kappa shape index (κ1) is 8.98. The number of hydrogen-bond donors (Lipinski definition) is 0. The van der Waals surface area contributed by atoms with Gasteiger partial charge in [0.2, 0.25) is 0 Å². The Morgan fingerprint density at radius 2 is 2.44 bits per heavy atom. The maximum atomic E-state index is 5.13. The second-order valence-electron chi connectivity index (χ2n) is 1.54. The van der Waals surface area contributed by atoms with E-state index >= 15 is 0 Å². The molecule has 9 heavy (non-hydrogen) atoms. The van der Waals surface area contributed by atoms with Crippen LogP contribution >= 0.6 is 11.8 Å². The first-order chi connectivity index (χ1) is 4.31. The number of aliphatic imine (C=N–C) groups is 1. The molecule has 0 heterocycles. The Bertz CT molecular complexity index is 85.1. The van der Waals surface area contributed by atoms with Crippen molar-refractivity contribution in [3.05, 3.63) is 0 Å². The first-order valence-corrected chi connectivity index (χ1v) is 4.26. The third kappa shape index (κ3) is 5.86. The molecule has 0 rings (SSSR count). The molecule has 0 aliphatic carbocycles. The first-order valence-electron chi connectivity index (χ1n) is 2.97. The van der Waals surface area contributed by atoms with Crippen molar-refractivity contribution >= 4 is 17.3 Å². The highest BCUT2D eigenvalue weighted by molar-refractivity contribution is 8.11. The summed E-state index contributed by atoms with van der Waals surface area (Å²) in [5.41, 5.74) is 1.79. The summed E-state index contributed by atoms with van der Waals surface area (Å²) in [6.45, 7) is 4.62. The van der Waals surface area contributed by atoms with E-state index in [9.17, 15) is 0 Å². The third-order valence-corrected chi connectivity index (χ3v) is 1.12. The second-order valence-corrected chi connectivity index (χ2v) is 2.23. The molecule has 0 N–H and O–H groups in total. The monoisotopic (exact) mass is 147 g/mol. The number of thioether (sulfide) groups is 1. The predicted octanol–water partition coefficient (Wildman–Crippen LogP) is 1.76. The van der Waals surface area contributed by atoms with Crippen molar-refractivity contribution in [3.8, 4) is 0 Å². The van der Waals surface area contributed by atoms with Crippen LogP contribution in [0.15, 0.2) is 4.99 Å². The molecule has 0 aromatic carbocycles. The molecule has 54 valence electrons. The van der Waals surface area contributed by atoms with E-state index in [1.807, 2.05) is 20.1 Å². The van der Waals surface area contributed by atoms with Gasteiger partial charge in [0.1, 0.15) is 6.23 Å². The maximum Gasteiger partial charge on any atom is 0.146 e. The molecule has 0 aliphatic rings. The van der Waals surface area contributed by atoms with Gasteiger partial charge in [-0.1, -0.05) is 0 Å². The lowest BCUT2D eigenvalue weighted by atomic mass is 10.7. The van der Waals surface area contributed by atoms with Crippen molar-refractivity contribution in [1.82, 2.24) is 0 Å². The van der Waals surface area contributed by atoms with Crippen molar-refractivity contribution in [1.29, 1.82) is 0 Å². The van der Waals surface area contributed by atoms with Crippen molar-refractivity contribution in [2.24, 2.45) is 4.99 Å². The smallest absolute Gasteiger partial charge is 0.146 e. The van der Waals surface area contributed by atoms with Gasteiger partial charge in [0.25, 0.3) is 0 Å². The molecule has 1 unspecified atom stereocenters. The SMILES string of the molecule is CCOC(C)N=CSC. The fraction of sp³-hybridized carbons (Fsp3) is 0.833. The molecule has 0 amide bonds. The van der Waals surface area contributed by atoms with Crippen LogP contribution in [0, 0.1) is 0 Å². The zero-order valence-electron chi connectivity index (χ0n) is 6.13. The van der Waals surface area contributed by atoms with E-state index in [1.54, 1.807) is 17.3 Å². The van der Waals surface area contributed by atoms with Crippen molar-refractivity contribution in [2.45, 2.75) is 20.1 Å². The Morgan fingerprint density at radius 1 is 1.78 bits per heavy atom. The lowest BCUT2D eigenvalue weighted by Gasteiger charge is -2.03. The summed E-state index contributed by atoms with van der Waals surface area (Å²) in [7, 11) is 0. The van der Waals surface area contributed by atoms with E-state index in [0.29, 0.717) is 0 Å². The van der Waals surface area contributed by atoms with Gasteiger partial charge in [0, 0.05) is 6.61 Å². The van der Waals surface area contributed by atoms with Gasteiger partial charge in [0.05, 0.1) is 5.55 Å². The summed E-state index contributed by atoms with van der Waals surface area (Å²) in [6, 6.07) is 0. The number of nitrogens with zero attached hydrogens (tertiary/aromatic N) is 1. The molecule has 0 radical (unpaired) electrons. The van der Waals surface area contributed by atoms with E-state index in [1.165, 1.54) is 0 Å². The summed E-state index contributed by atoms with van der Waals surface area (Å²) < 4.78 is 5.13. The lowest BCUT2D eigenvalue weighted by molar-refractivity contribution is 0.0837. The fourth-order valence-electron chi connectivity index (χ4n) is 0.431. The maximum absolute atomic E-state index is 5.13. The summed E-state index contributed by atoms with van der Waals surface area (Å²) in [5.74, 6) is 0. The van der Waals surface area contributed by atoms with Crippen molar-refractivity contribution in [3.63, 3.8) is 0 Å². The van der Waals surface area contributed by atoms with Gasteiger partial charge in [-0.05, 0) is 20.1 Å². The third-order valence-electron chi connectivity index (χ3n) is 0.784. The highest BCUT2D eigenvalue weighted by atomic mass is 32.2. The van der Waals surface area contributed by atoms with Gasteiger partial charge in [-0.2, -0.15) is 0 Å². The lowest BCUT2D eigenvalue weighted by Crippen LogP contribution is -2.03. The molecule has 0 saturated heterocycles. The fourth-order valence-corrected chi connectivity index (χ4v) is 0.724. The zero-order valence-corrected chi connectivity index (χ0v) is 6.94. The minimum Gasteiger partial charge on any atom is -0.357 e. The van der Waals surface area contributed by atoms with Crippen molar-refractivity contribution < 1.29 is 4.74 Å². The van der Waals surface area contributed by atoms with Gasteiger partial charge in [0.15, 0.2) is 0 Å². The molecule has 0 saturated carbocycles. The minimum absolute atomic E-state index is 0.0162. The zero-order chi connectivity index (χ0) is 7.11. The highest BCUT2D eigenvalue weighted by Gasteiger charge is 1.91. The van der Waals surface area contributed by atoms with Crippen LogP contribution in [0.4, 0.5) is 0 Å². The van der Waals surface area contributed by atoms with Crippen molar-refractivity contribution in [2.75, 3.05) is 12.9 Å². The molecule has 0 spiro atoms. The van der Waals surface area contributed by atoms with Crippen LogP contribution in [0.2, 0.25) is 0 Å². The number of rotatable bonds is 4. The molecule has 1 atom stereocenters. The quantitative estimate of drug-likeness (QED) is 0.446. The van der Waals surface area contributed by atoms with E-state index in [4.69, 9.17) is 4.74 Å². The second kappa shape index (κ2) is 6.11. The van der Waals surface area contributed by atoms with Gasteiger partial charge < -0.3 is 4.74 Å². The topological polar surface area (TPSA) is 21.6 Å². The number of hydrogen-bond acceptors (Lipinski definition) is 3. The standard InChI is InChI=1S/C6H13NOS/c1-4-8-6(2)7-5-9-3/h5-6H,4H2,1-3H3. The molecule has 0 bridgehead atoms. The Labute approximate surface area is 60.7 Å². The Kier molecular flexibility index (Phi) is 6.09. The summed E-state index contributed by atoms with van der Waals surface area (Å²) in [4.78, 5) is 4.05. The molecule has 2 nitrogen and oxygen atoms in total. The summed E-state index contributed by atoms with van der Waals surface area (Å²) in [6.07, 6.45) is 1.99. The molecule has 0 aromatic rings. The summed E-state index contributed by atoms with van der Waals surface area (Å²) >= 11 is 1.58. The van der Waals surface area contributed by atoms with Crippen LogP contribution in [0.1, 0.15) is 13.8 Å². The molecule has 0 fully saturated rings. The van der Waals surface area contributed by atoms with E-state index in [2.05, 4.69) is 4.99 Å². The summed E-state index contributed by atoms with van der Waals surface area (Å²) in [5, 5.41) is 0. The largest absolute Gasteiger partial charge is 0.357 e. The predicted molar refractivity (Wildman–Crippen MR) is 43.1 cm³/mol. The van der Waals surface area contributed by atoms with Gasteiger partial charge in [-0.3, -0.25) is 4.99 Å². The van der Waals surface area contributed by atoms with Gasteiger partial charge in [-0.15, -0.1) is 11.8 Å².